The summed E-state index contributed by atoms with van der Waals surface area (Å²) >= 11 is 0. The summed E-state index contributed by atoms with van der Waals surface area (Å²) in [4.78, 5) is 25.1. The summed E-state index contributed by atoms with van der Waals surface area (Å²) in [7, 11) is 1.30. The van der Waals surface area contributed by atoms with E-state index >= 15 is 0 Å². The van der Waals surface area contributed by atoms with Crippen LogP contribution in [0.5, 0.6) is 5.75 Å². The number of carbonyl (C=O) groups excluding carboxylic acids is 2. The number of nitrogens with one attached hydrogen (secondary N) is 2. The van der Waals surface area contributed by atoms with Crippen LogP contribution in [0.25, 0.3) is 5.69 Å². The average Bonchev–Trinajstić information content (AvgIpc) is 3.10. The summed E-state index contributed by atoms with van der Waals surface area (Å²) in [6.07, 6.45) is 0. The van der Waals surface area contributed by atoms with Gasteiger partial charge < -0.3 is 14.8 Å². The minimum absolute atomic E-state index is 0.000954. The van der Waals surface area contributed by atoms with E-state index in [0.29, 0.717) is 17.1 Å². The van der Waals surface area contributed by atoms with Crippen molar-refractivity contribution in [3.8, 4) is 11.4 Å². The molecule has 0 radical (unpaired) electrons. The first kappa shape index (κ1) is 23.0. The van der Waals surface area contributed by atoms with E-state index in [0.717, 1.165) is 11.4 Å². The predicted octanol–water partition coefficient (Wildman–Crippen LogP) is 3.03. The zero-order chi connectivity index (χ0) is 23.1. The number of anilines is 1. The lowest BCUT2D eigenvalue weighted by molar-refractivity contribution is -0.149. The van der Waals surface area contributed by atoms with Crippen LogP contribution in [0, 0.1) is 13.8 Å². The van der Waals surface area contributed by atoms with Crippen LogP contribution in [0.4, 0.5) is 5.69 Å². The summed E-state index contributed by atoms with van der Waals surface area (Å²) in [6, 6.07) is 18.8. The maximum atomic E-state index is 12.7. The SMILES string of the molecule is COC(=O)C(C)(COc1ccccc1)NCC(=O)Nc1c(C)nn(-c2ccccc2)c1C. The summed E-state index contributed by atoms with van der Waals surface area (Å²) in [5, 5.41) is 10.4. The van der Waals surface area contributed by atoms with Crippen LogP contribution in [-0.2, 0) is 14.3 Å². The second-order valence-electron chi connectivity index (χ2n) is 7.62. The highest BCUT2D eigenvalue weighted by atomic mass is 16.5. The summed E-state index contributed by atoms with van der Waals surface area (Å²) in [5.41, 5.74) is 1.84. The van der Waals surface area contributed by atoms with Crippen LogP contribution < -0.4 is 15.4 Å². The van der Waals surface area contributed by atoms with E-state index < -0.39 is 11.5 Å². The van der Waals surface area contributed by atoms with E-state index in [9.17, 15) is 9.59 Å². The molecule has 32 heavy (non-hydrogen) atoms. The summed E-state index contributed by atoms with van der Waals surface area (Å²) in [6.45, 7) is 5.25. The van der Waals surface area contributed by atoms with Gasteiger partial charge in [0, 0.05) is 0 Å². The lowest BCUT2D eigenvalue weighted by Gasteiger charge is -2.27. The Morgan fingerprint density at radius 2 is 1.66 bits per heavy atom. The molecule has 8 heteroatoms. The number of hydrogen-bond acceptors (Lipinski definition) is 6. The lowest BCUT2D eigenvalue weighted by Crippen LogP contribution is -2.56. The van der Waals surface area contributed by atoms with Crippen LogP contribution in [0.3, 0.4) is 0 Å². The summed E-state index contributed by atoms with van der Waals surface area (Å²) < 4.78 is 12.4. The standard InChI is InChI=1S/C24H28N4O4/c1-17-22(18(2)28(27-17)19-11-7-5-8-12-19)26-21(29)15-25-24(3,23(30)31-4)16-32-20-13-9-6-10-14-20/h5-14,25H,15-16H2,1-4H3,(H,26,29). The molecule has 1 heterocycles. The highest BCUT2D eigenvalue weighted by molar-refractivity contribution is 5.94. The molecule has 1 aromatic heterocycles. The number of carbonyl (C=O) groups is 2. The highest BCUT2D eigenvalue weighted by Gasteiger charge is 2.36. The monoisotopic (exact) mass is 436 g/mol. The molecule has 0 saturated carbocycles. The molecule has 3 aromatic rings. The molecule has 2 N–H and O–H groups in total. The van der Waals surface area contributed by atoms with Gasteiger partial charge in [0.1, 0.15) is 17.9 Å². The Kier molecular flexibility index (Phi) is 7.27. The number of hydrogen-bond donors (Lipinski definition) is 2. The van der Waals surface area contributed by atoms with Gasteiger partial charge in [0.15, 0.2) is 0 Å². The molecule has 0 aliphatic rings. The molecule has 8 nitrogen and oxygen atoms in total. The van der Waals surface area contributed by atoms with Crippen molar-refractivity contribution in [3.05, 3.63) is 72.1 Å². The Hall–Kier alpha value is -3.65. The van der Waals surface area contributed by atoms with Gasteiger partial charge in [0.25, 0.3) is 0 Å². The Bertz CT molecular complexity index is 1070. The molecule has 3 rings (SSSR count). The maximum absolute atomic E-state index is 12.7. The van der Waals surface area contributed by atoms with Gasteiger partial charge in [-0.3, -0.25) is 10.1 Å². The fourth-order valence-corrected chi connectivity index (χ4v) is 3.25. The number of aromatic nitrogens is 2. The number of ether oxygens (including phenoxy) is 2. The molecule has 168 valence electrons. The molecule has 2 aromatic carbocycles. The molecule has 0 bridgehead atoms. The van der Waals surface area contributed by atoms with Gasteiger partial charge >= 0.3 is 5.97 Å². The number of rotatable bonds is 9. The third-order valence-corrected chi connectivity index (χ3v) is 5.10. The van der Waals surface area contributed by atoms with Crippen LogP contribution in [0.15, 0.2) is 60.7 Å². The van der Waals surface area contributed by atoms with Crippen molar-refractivity contribution in [2.24, 2.45) is 0 Å². The van der Waals surface area contributed by atoms with Gasteiger partial charge in [-0.15, -0.1) is 0 Å². The van der Waals surface area contributed by atoms with E-state index in [4.69, 9.17) is 9.47 Å². The quantitative estimate of drug-likeness (QED) is 0.501. The van der Waals surface area contributed by atoms with Crippen molar-refractivity contribution in [1.29, 1.82) is 0 Å². The zero-order valence-electron chi connectivity index (χ0n) is 18.7. The van der Waals surface area contributed by atoms with Crippen molar-refractivity contribution in [2.45, 2.75) is 26.3 Å². The summed E-state index contributed by atoms with van der Waals surface area (Å²) in [5.74, 6) is -0.211. The third-order valence-electron chi connectivity index (χ3n) is 5.10. The molecule has 0 aliphatic carbocycles. The normalized spacial score (nSPS) is 12.6. The Morgan fingerprint density at radius 3 is 2.28 bits per heavy atom. The van der Waals surface area contributed by atoms with Crippen LogP contribution >= 0.6 is 0 Å². The zero-order valence-corrected chi connectivity index (χ0v) is 18.7. The van der Waals surface area contributed by atoms with Crippen molar-refractivity contribution < 1.29 is 19.1 Å². The number of amides is 1. The second kappa shape index (κ2) is 10.1. The first-order valence-corrected chi connectivity index (χ1v) is 10.3. The van der Waals surface area contributed by atoms with E-state index in [-0.39, 0.29) is 19.1 Å². The Morgan fingerprint density at radius 1 is 1.03 bits per heavy atom. The van der Waals surface area contributed by atoms with Crippen LogP contribution in [0.2, 0.25) is 0 Å². The number of methoxy groups -OCH3 is 1. The molecular weight excluding hydrogens is 408 g/mol. The Labute approximate surface area is 187 Å². The molecular formula is C24H28N4O4. The number of para-hydroxylation sites is 2. The van der Waals surface area contributed by atoms with Crippen LogP contribution in [-0.4, -0.2) is 47.5 Å². The molecule has 1 unspecified atom stereocenters. The van der Waals surface area contributed by atoms with Gasteiger partial charge in [-0.1, -0.05) is 36.4 Å². The van der Waals surface area contributed by atoms with Gasteiger partial charge in [0.05, 0.1) is 36.4 Å². The van der Waals surface area contributed by atoms with E-state index in [1.807, 2.05) is 62.4 Å². The smallest absolute Gasteiger partial charge is 0.329 e. The fraction of sp³-hybridized carbons (Fsp3) is 0.292. The Balaban J connectivity index is 1.67. The van der Waals surface area contributed by atoms with Crippen LogP contribution in [0.1, 0.15) is 18.3 Å². The molecule has 1 atom stereocenters. The minimum atomic E-state index is -1.21. The van der Waals surface area contributed by atoms with Crippen molar-refractivity contribution in [1.82, 2.24) is 15.1 Å². The van der Waals surface area contributed by atoms with Crippen molar-refractivity contribution in [2.75, 3.05) is 25.6 Å². The van der Waals surface area contributed by atoms with Crippen molar-refractivity contribution >= 4 is 17.6 Å². The molecule has 0 aliphatic heterocycles. The van der Waals surface area contributed by atoms with Gasteiger partial charge in [-0.25, -0.2) is 9.48 Å². The molecule has 0 saturated heterocycles. The second-order valence-corrected chi connectivity index (χ2v) is 7.62. The largest absolute Gasteiger partial charge is 0.491 e. The van der Waals surface area contributed by atoms with E-state index in [2.05, 4.69) is 15.7 Å². The lowest BCUT2D eigenvalue weighted by atomic mass is 10.0. The first-order valence-electron chi connectivity index (χ1n) is 10.3. The van der Waals surface area contributed by atoms with Gasteiger partial charge in [-0.2, -0.15) is 5.10 Å². The third kappa shape index (κ3) is 5.33. The molecule has 0 spiro atoms. The highest BCUT2D eigenvalue weighted by Crippen LogP contribution is 2.22. The van der Waals surface area contributed by atoms with Crippen molar-refractivity contribution in [3.63, 3.8) is 0 Å². The average molecular weight is 437 g/mol. The van der Waals surface area contributed by atoms with E-state index in [1.165, 1.54) is 7.11 Å². The number of esters is 1. The number of aryl methyl sites for hydroxylation is 1. The van der Waals surface area contributed by atoms with Gasteiger partial charge in [-0.05, 0) is 45.0 Å². The first-order chi connectivity index (χ1) is 15.3. The molecule has 1 amide bonds. The minimum Gasteiger partial charge on any atom is -0.491 e. The number of benzene rings is 2. The predicted molar refractivity (Wildman–Crippen MR) is 122 cm³/mol. The topological polar surface area (TPSA) is 94.5 Å². The fourth-order valence-electron chi connectivity index (χ4n) is 3.25. The van der Waals surface area contributed by atoms with E-state index in [1.54, 1.807) is 23.7 Å². The van der Waals surface area contributed by atoms with Gasteiger partial charge in [0.2, 0.25) is 5.91 Å². The number of nitrogens with zero attached hydrogens (tertiary/aromatic N) is 2. The molecule has 0 fully saturated rings. The maximum Gasteiger partial charge on any atom is 0.329 e.